The van der Waals surface area contributed by atoms with Gasteiger partial charge in [-0.2, -0.15) is 0 Å². The Kier molecular flexibility index (Phi) is 5.70. The summed E-state index contributed by atoms with van der Waals surface area (Å²) in [6.07, 6.45) is 1.35. The molecule has 3 amide bonds. The van der Waals surface area contributed by atoms with Crippen molar-refractivity contribution >= 4 is 17.8 Å². The first-order valence-corrected chi connectivity index (χ1v) is 8.31. The van der Waals surface area contributed by atoms with Gasteiger partial charge in [-0.15, -0.1) is 0 Å². The maximum atomic E-state index is 12.3. The molecule has 132 valence electrons. The first-order valence-electron chi connectivity index (χ1n) is 8.31. The van der Waals surface area contributed by atoms with Crippen LogP contribution in [0.3, 0.4) is 0 Å². The quantitative estimate of drug-likeness (QED) is 0.872. The molecule has 0 saturated carbocycles. The molecule has 2 N–H and O–H groups in total. The zero-order chi connectivity index (χ0) is 17.7. The van der Waals surface area contributed by atoms with Crippen molar-refractivity contribution in [1.29, 1.82) is 0 Å². The highest BCUT2D eigenvalue weighted by Gasteiger charge is 2.25. The molecule has 0 aromatic heterocycles. The highest BCUT2D eigenvalue weighted by Crippen LogP contribution is 2.29. The molecule has 1 fully saturated rings. The van der Waals surface area contributed by atoms with E-state index in [4.69, 9.17) is 4.74 Å². The number of ether oxygens (including phenoxy) is 1. The van der Waals surface area contributed by atoms with Crippen molar-refractivity contribution in [3.8, 4) is 0 Å². The standard InChI is InChI=1S/C18H27N3O3/c1-18(2,3)14-9-5-6-10-15(14)20-16(22)19-13-8-7-11-21(12-13)17(23)24-4/h5-6,9-10,13H,7-8,11-12H2,1-4H3,(H2,19,20,22). The first kappa shape index (κ1) is 18.1. The molecule has 1 heterocycles. The number of rotatable bonds is 2. The fourth-order valence-corrected chi connectivity index (χ4v) is 2.98. The number of nitrogens with zero attached hydrogens (tertiary/aromatic N) is 1. The number of carbonyl (C=O) groups excluding carboxylic acids is 2. The second-order valence-electron chi connectivity index (χ2n) is 7.15. The fraction of sp³-hybridized carbons (Fsp3) is 0.556. The van der Waals surface area contributed by atoms with Crippen LogP contribution in [0.4, 0.5) is 15.3 Å². The van der Waals surface area contributed by atoms with Gasteiger partial charge in [-0.25, -0.2) is 9.59 Å². The first-order chi connectivity index (χ1) is 11.3. The number of para-hydroxylation sites is 1. The Morgan fingerprint density at radius 1 is 1.25 bits per heavy atom. The predicted octanol–water partition coefficient (Wildman–Crippen LogP) is 3.34. The number of nitrogens with one attached hydrogen (secondary N) is 2. The molecule has 1 aromatic rings. The van der Waals surface area contributed by atoms with E-state index in [0.29, 0.717) is 13.1 Å². The number of hydrogen-bond acceptors (Lipinski definition) is 3. The molecular formula is C18H27N3O3. The minimum absolute atomic E-state index is 0.0591. The van der Waals surface area contributed by atoms with Crippen LogP contribution in [-0.2, 0) is 10.2 Å². The van der Waals surface area contributed by atoms with E-state index in [1.54, 1.807) is 4.90 Å². The molecule has 1 saturated heterocycles. The van der Waals surface area contributed by atoms with E-state index < -0.39 is 0 Å². The summed E-state index contributed by atoms with van der Waals surface area (Å²) in [7, 11) is 1.37. The molecule has 6 heteroatoms. The summed E-state index contributed by atoms with van der Waals surface area (Å²) < 4.78 is 4.75. The second kappa shape index (κ2) is 7.55. The number of carbonyl (C=O) groups is 2. The molecule has 2 rings (SSSR count). The van der Waals surface area contributed by atoms with Crippen molar-refractivity contribution in [1.82, 2.24) is 10.2 Å². The van der Waals surface area contributed by atoms with E-state index in [9.17, 15) is 9.59 Å². The molecule has 1 aliphatic rings. The molecular weight excluding hydrogens is 306 g/mol. The molecule has 0 radical (unpaired) electrons. The Labute approximate surface area is 143 Å². The number of hydrogen-bond donors (Lipinski definition) is 2. The van der Waals surface area contributed by atoms with E-state index in [2.05, 4.69) is 31.4 Å². The van der Waals surface area contributed by atoms with Gasteiger partial charge in [-0.1, -0.05) is 39.0 Å². The number of benzene rings is 1. The summed E-state index contributed by atoms with van der Waals surface area (Å²) in [6.45, 7) is 7.47. The fourth-order valence-electron chi connectivity index (χ4n) is 2.98. The summed E-state index contributed by atoms with van der Waals surface area (Å²) in [6, 6.07) is 7.49. The summed E-state index contributed by atoms with van der Waals surface area (Å²) >= 11 is 0. The Morgan fingerprint density at radius 2 is 1.96 bits per heavy atom. The van der Waals surface area contributed by atoms with Gasteiger partial charge in [0, 0.05) is 24.8 Å². The zero-order valence-electron chi connectivity index (χ0n) is 14.9. The molecule has 0 bridgehead atoms. The SMILES string of the molecule is COC(=O)N1CCCC(NC(=O)Nc2ccccc2C(C)(C)C)C1. The van der Waals surface area contributed by atoms with Gasteiger partial charge in [0.05, 0.1) is 7.11 Å². The third-order valence-electron chi connectivity index (χ3n) is 4.17. The van der Waals surface area contributed by atoms with Crippen LogP contribution in [0.2, 0.25) is 0 Å². The van der Waals surface area contributed by atoms with E-state index in [0.717, 1.165) is 24.1 Å². The van der Waals surface area contributed by atoms with Gasteiger partial charge in [-0.3, -0.25) is 0 Å². The van der Waals surface area contributed by atoms with Gasteiger partial charge in [0.25, 0.3) is 0 Å². The summed E-state index contributed by atoms with van der Waals surface area (Å²) in [5, 5.41) is 5.89. The highest BCUT2D eigenvalue weighted by molar-refractivity contribution is 5.90. The maximum absolute atomic E-state index is 12.3. The monoisotopic (exact) mass is 333 g/mol. The smallest absolute Gasteiger partial charge is 0.409 e. The zero-order valence-corrected chi connectivity index (χ0v) is 14.9. The minimum Gasteiger partial charge on any atom is -0.453 e. The van der Waals surface area contributed by atoms with Gasteiger partial charge >= 0.3 is 12.1 Å². The number of methoxy groups -OCH3 is 1. The van der Waals surface area contributed by atoms with Crippen molar-refractivity contribution in [3.63, 3.8) is 0 Å². The van der Waals surface area contributed by atoms with Crippen LogP contribution in [0.1, 0.15) is 39.2 Å². The summed E-state index contributed by atoms with van der Waals surface area (Å²) in [5.41, 5.74) is 1.83. The van der Waals surface area contributed by atoms with Gasteiger partial charge in [0.1, 0.15) is 0 Å². The summed E-state index contributed by atoms with van der Waals surface area (Å²) in [5.74, 6) is 0. The highest BCUT2D eigenvalue weighted by atomic mass is 16.5. The lowest BCUT2D eigenvalue weighted by molar-refractivity contribution is 0.108. The second-order valence-corrected chi connectivity index (χ2v) is 7.15. The van der Waals surface area contributed by atoms with Crippen molar-refractivity contribution < 1.29 is 14.3 Å². The molecule has 6 nitrogen and oxygen atoms in total. The number of anilines is 1. The van der Waals surface area contributed by atoms with Crippen LogP contribution >= 0.6 is 0 Å². The van der Waals surface area contributed by atoms with E-state index in [1.807, 2.05) is 24.3 Å². The van der Waals surface area contributed by atoms with Gasteiger partial charge in [0.15, 0.2) is 0 Å². The number of piperidine rings is 1. The maximum Gasteiger partial charge on any atom is 0.409 e. The Bertz CT molecular complexity index is 595. The van der Waals surface area contributed by atoms with Crippen LogP contribution in [0.5, 0.6) is 0 Å². The number of likely N-dealkylation sites (tertiary alicyclic amines) is 1. The Balaban J connectivity index is 1.98. The largest absolute Gasteiger partial charge is 0.453 e. The molecule has 1 aliphatic heterocycles. The van der Waals surface area contributed by atoms with Gasteiger partial charge < -0.3 is 20.3 Å². The lowest BCUT2D eigenvalue weighted by Crippen LogP contribution is -2.50. The third-order valence-corrected chi connectivity index (χ3v) is 4.17. The minimum atomic E-state index is -0.347. The third kappa shape index (κ3) is 4.63. The van der Waals surface area contributed by atoms with Gasteiger partial charge in [-0.05, 0) is 29.9 Å². The van der Waals surface area contributed by atoms with E-state index in [1.165, 1.54) is 7.11 Å². The van der Waals surface area contributed by atoms with Crippen LogP contribution in [0.25, 0.3) is 0 Å². The van der Waals surface area contributed by atoms with Crippen LogP contribution in [-0.4, -0.2) is 43.3 Å². The molecule has 1 unspecified atom stereocenters. The van der Waals surface area contributed by atoms with E-state index in [-0.39, 0.29) is 23.6 Å². The van der Waals surface area contributed by atoms with E-state index >= 15 is 0 Å². The molecule has 24 heavy (non-hydrogen) atoms. The predicted molar refractivity (Wildman–Crippen MR) is 94.3 cm³/mol. The van der Waals surface area contributed by atoms with Crippen LogP contribution in [0, 0.1) is 0 Å². The number of urea groups is 1. The van der Waals surface area contributed by atoms with Crippen LogP contribution < -0.4 is 10.6 Å². The number of amides is 3. The normalized spacial score (nSPS) is 18.0. The van der Waals surface area contributed by atoms with Crippen LogP contribution in [0.15, 0.2) is 24.3 Å². The average molecular weight is 333 g/mol. The van der Waals surface area contributed by atoms with Crippen molar-refractivity contribution in [2.75, 3.05) is 25.5 Å². The summed E-state index contributed by atoms with van der Waals surface area (Å²) in [4.78, 5) is 25.6. The van der Waals surface area contributed by atoms with Gasteiger partial charge in [0.2, 0.25) is 0 Å². The topological polar surface area (TPSA) is 70.7 Å². The van der Waals surface area contributed by atoms with Crippen molar-refractivity contribution in [2.24, 2.45) is 0 Å². The molecule has 1 atom stereocenters. The molecule has 1 aromatic carbocycles. The Hall–Kier alpha value is -2.24. The van der Waals surface area contributed by atoms with Crippen molar-refractivity contribution in [2.45, 2.75) is 45.1 Å². The van der Waals surface area contributed by atoms with Crippen molar-refractivity contribution in [3.05, 3.63) is 29.8 Å². The Morgan fingerprint density at radius 3 is 2.62 bits per heavy atom. The lowest BCUT2D eigenvalue weighted by Gasteiger charge is -2.32. The average Bonchev–Trinajstić information content (AvgIpc) is 2.53. The lowest BCUT2D eigenvalue weighted by atomic mass is 9.86. The molecule has 0 aliphatic carbocycles. The molecule has 0 spiro atoms.